The molecule has 0 heterocycles. The van der Waals surface area contributed by atoms with E-state index in [0.717, 1.165) is 6.26 Å². The summed E-state index contributed by atoms with van der Waals surface area (Å²) in [5.41, 5.74) is -0.247. The number of carbonyl (C=O) groups excluding carboxylic acids is 2. The highest BCUT2D eigenvalue weighted by atomic mass is 32.2. The normalized spacial score (nSPS) is 11.7. The fourth-order valence-corrected chi connectivity index (χ4v) is 2.32. The van der Waals surface area contributed by atoms with Gasteiger partial charge < -0.3 is 13.7 Å². The minimum absolute atomic E-state index is 0.0267. The number of hydrogen-bond acceptors (Lipinski definition) is 7. The van der Waals surface area contributed by atoms with Crippen LogP contribution in [0.1, 0.15) is 33.3 Å². The van der Waals surface area contributed by atoms with E-state index in [4.69, 9.17) is 13.7 Å². The molecule has 0 saturated carbocycles. The van der Waals surface area contributed by atoms with Crippen molar-refractivity contribution in [3.05, 3.63) is 23.8 Å². The number of esters is 2. The quantitative estimate of drug-likeness (QED) is 0.441. The van der Waals surface area contributed by atoms with Crippen molar-refractivity contribution in [2.75, 3.05) is 12.9 Å². The Kier molecular flexibility index (Phi) is 5.76. The first-order valence-corrected chi connectivity index (χ1v) is 8.58. The SMILES string of the molecule is CC(=O)OCC(C)(C)c1cc(OS(C)(=O)=O)ccc1OC(C)=O. The molecule has 0 aliphatic heterocycles. The van der Waals surface area contributed by atoms with Gasteiger partial charge in [0, 0.05) is 24.8 Å². The summed E-state index contributed by atoms with van der Waals surface area (Å²) in [6.45, 7) is 6.10. The molecule has 0 N–H and O–H groups in total. The lowest BCUT2D eigenvalue weighted by molar-refractivity contribution is -0.142. The van der Waals surface area contributed by atoms with Crippen LogP contribution >= 0.6 is 0 Å². The molecule has 0 atom stereocenters. The van der Waals surface area contributed by atoms with Gasteiger partial charge in [0.1, 0.15) is 18.1 Å². The third-order valence-corrected chi connectivity index (χ3v) is 3.31. The average molecular weight is 344 g/mol. The van der Waals surface area contributed by atoms with Crippen LogP contribution < -0.4 is 8.92 Å². The van der Waals surface area contributed by atoms with Crippen LogP contribution in [0.2, 0.25) is 0 Å². The lowest BCUT2D eigenvalue weighted by Crippen LogP contribution is -2.27. The molecule has 0 radical (unpaired) electrons. The highest BCUT2D eigenvalue weighted by Gasteiger charge is 2.28. The lowest BCUT2D eigenvalue weighted by Gasteiger charge is -2.26. The molecule has 0 amide bonds. The number of rotatable bonds is 6. The van der Waals surface area contributed by atoms with E-state index < -0.39 is 27.5 Å². The lowest BCUT2D eigenvalue weighted by atomic mass is 9.84. The molecule has 0 fully saturated rings. The Hall–Kier alpha value is -2.09. The third kappa shape index (κ3) is 6.27. The summed E-state index contributed by atoms with van der Waals surface area (Å²) in [7, 11) is -3.69. The molecule has 0 aromatic heterocycles. The van der Waals surface area contributed by atoms with Crippen molar-refractivity contribution in [3.8, 4) is 11.5 Å². The van der Waals surface area contributed by atoms with Gasteiger partial charge in [-0.15, -0.1) is 0 Å². The molecular weight excluding hydrogens is 324 g/mol. The highest BCUT2D eigenvalue weighted by Crippen LogP contribution is 2.35. The first-order chi connectivity index (χ1) is 10.4. The van der Waals surface area contributed by atoms with Crippen molar-refractivity contribution in [1.29, 1.82) is 0 Å². The molecule has 1 rings (SSSR count). The second-order valence-electron chi connectivity index (χ2n) is 5.70. The molecule has 8 heteroatoms. The predicted octanol–water partition coefficient (Wildman–Crippen LogP) is 1.79. The summed E-state index contributed by atoms with van der Waals surface area (Å²) in [4.78, 5) is 22.3. The fraction of sp³-hybridized carbons (Fsp3) is 0.467. The van der Waals surface area contributed by atoms with Gasteiger partial charge in [-0.3, -0.25) is 9.59 Å². The van der Waals surface area contributed by atoms with E-state index in [1.165, 1.54) is 32.0 Å². The maximum atomic E-state index is 11.3. The standard InChI is InChI=1S/C15H20O7S/c1-10(16)20-9-15(3,4)13-8-12(22-23(5,18)19)6-7-14(13)21-11(2)17/h6-8H,9H2,1-5H3. The zero-order valence-corrected chi connectivity index (χ0v) is 14.5. The molecular formula is C15H20O7S. The van der Waals surface area contributed by atoms with Crippen molar-refractivity contribution in [2.45, 2.75) is 33.1 Å². The third-order valence-electron chi connectivity index (χ3n) is 2.82. The number of benzene rings is 1. The predicted molar refractivity (Wildman–Crippen MR) is 82.9 cm³/mol. The molecule has 1 aromatic carbocycles. The monoisotopic (exact) mass is 344 g/mol. The molecule has 0 bridgehead atoms. The average Bonchev–Trinajstić information content (AvgIpc) is 2.36. The topological polar surface area (TPSA) is 96.0 Å². The van der Waals surface area contributed by atoms with E-state index in [1.807, 2.05) is 0 Å². The number of ether oxygens (including phenoxy) is 2. The highest BCUT2D eigenvalue weighted by molar-refractivity contribution is 7.86. The molecule has 23 heavy (non-hydrogen) atoms. The van der Waals surface area contributed by atoms with Crippen molar-refractivity contribution in [1.82, 2.24) is 0 Å². The second kappa shape index (κ2) is 6.99. The van der Waals surface area contributed by atoms with Crippen LogP contribution in [0.4, 0.5) is 0 Å². The van der Waals surface area contributed by atoms with E-state index in [0.29, 0.717) is 5.56 Å². The van der Waals surface area contributed by atoms with Crippen molar-refractivity contribution >= 4 is 22.1 Å². The minimum Gasteiger partial charge on any atom is -0.465 e. The Morgan fingerprint density at radius 3 is 2.22 bits per heavy atom. The number of carbonyl (C=O) groups is 2. The van der Waals surface area contributed by atoms with Gasteiger partial charge in [0.25, 0.3) is 0 Å². The molecule has 0 aliphatic rings. The maximum Gasteiger partial charge on any atom is 0.308 e. The van der Waals surface area contributed by atoms with E-state index in [9.17, 15) is 18.0 Å². The second-order valence-corrected chi connectivity index (χ2v) is 7.28. The van der Waals surface area contributed by atoms with E-state index in [1.54, 1.807) is 13.8 Å². The van der Waals surface area contributed by atoms with Gasteiger partial charge in [-0.25, -0.2) is 0 Å². The molecule has 0 unspecified atom stereocenters. The van der Waals surface area contributed by atoms with Gasteiger partial charge in [-0.2, -0.15) is 8.42 Å². The summed E-state index contributed by atoms with van der Waals surface area (Å²) in [6.07, 6.45) is 0.927. The van der Waals surface area contributed by atoms with Crippen LogP contribution in [0, 0.1) is 0 Å². The largest absolute Gasteiger partial charge is 0.465 e. The Morgan fingerprint density at radius 2 is 1.74 bits per heavy atom. The first kappa shape index (κ1) is 19.0. The minimum atomic E-state index is -3.69. The van der Waals surface area contributed by atoms with E-state index >= 15 is 0 Å². The summed E-state index contributed by atoms with van der Waals surface area (Å²) >= 11 is 0. The van der Waals surface area contributed by atoms with Gasteiger partial charge >= 0.3 is 22.1 Å². The Labute approximate surface area is 135 Å². The number of hydrogen-bond donors (Lipinski definition) is 0. The Balaban J connectivity index is 3.28. The van der Waals surface area contributed by atoms with Crippen LogP contribution in [0.3, 0.4) is 0 Å². The van der Waals surface area contributed by atoms with Gasteiger partial charge in [-0.1, -0.05) is 13.8 Å². The van der Waals surface area contributed by atoms with E-state index in [2.05, 4.69) is 0 Å². The molecule has 128 valence electrons. The molecule has 0 aliphatic carbocycles. The molecule has 0 saturated heterocycles. The first-order valence-electron chi connectivity index (χ1n) is 6.76. The van der Waals surface area contributed by atoms with Gasteiger partial charge in [0.2, 0.25) is 0 Å². The zero-order valence-electron chi connectivity index (χ0n) is 13.7. The van der Waals surface area contributed by atoms with E-state index in [-0.39, 0.29) is 18.1 Å². The van der Waals surface area contributed by atoms with Crippen molar-refractivity contribution in [2.24, 2.45) is 0 Å². The maximum absolute atomic E-state index is 11.3. The van der Waals surface area contributed by atoms with Crippen LogP contribution in [0.5, 0.6) is 11.5 Å². The molecule has 7 nitrogen and oxygen atoms in total. The van der Waals surface area contributed by atoms with Crippen molar-refractivity contribution < 1.29 is 31.7 Å². The summed E-state index contributed by atoms with van der Waals surface area (Å²) in [6, 6.07) is 4.26. The van der Waals surface area contributed by atoms with Crippen LogP contribution in [0.15, 0.2) is 18.2 Å². The van der Waals surface area contributed by atoms with Gasteiger partial charge in [-0.05, 0) is 18.2 Å². The Bertz CT molecular complexity index is 705. The zero-order chi connectivity index (χ0) is 17.8. The summed E-state index contributed by atoms with van der Waals surface area (Å²) in [5, 5.41) is 0. The van der Waals surface area contributed by atoms with Crippen molar-refractivity contribution in [3.63, 3.8) is 0 Å². The molecule has 0 spiro atoms. The Morgan fingerprint density at radius 1 is 1.13 bits per heavy atom. The van der Waals surface area contributed by atoms with Crippen LogP contribution in [-0.4, -0.2) is 33.2 Å². The summed E-state index contributed by atoms with van der Waals surface area (Å²) < 4.78 is 37.5. The fourth-order valence-electron chi connectivity index (χ4n) is 1.87. The van der Waals surface area contributed by atoms with Gasteiger partial charge in [0.15, 0.2) is 0 Å². The molecule has 1 aromatic rings. The van der Waals surface area contributed by atoms with Crippen LogP contribution in [-0.2, 0) is 29.9 Å². The van der Waals surface area contributed by atoms with Crippen LogP contribution in [0.25, 0.3) is 0 Å². The van der Waals surface area contributed by atoms with Gasteiger partial charge in [0.05, 0.1) is 6.26 Å². The smallest absolute Gasteiger partial charge is 0.308 e. The summed E-state index contributed by atoms with van der Waals surface area (Å²) in [5.74, 6) is -0.647.